The van der Waals surface area contributed by atoms with Gasteiger partial charge < -0.3 is 5.11 Å². The quantitative estimate of drug-likeness (QED) is 0.428. The van der Waals surface area contributed by atoms with Crippen LogP contribution in [-0.4, -0.2) is 21.8 Å². The van der Waals surface area contributed by atoms with Crippen LogP contribution in [0.25, 0.3) is 17.3 Å². The molecule has 0 saturated carbocycles. The van der Waals surface area contributed by atoms with E-state index in [4.69, 9.17) is 16.7 Å². The van der Waals surface area contributed by atoms with Crippen LogP contribution in [0.4, 0.5) is 0 Å². The number of aromatic nitrogens is 1. The molecular formula is C22H18ClNO3S. The van der Waals surface area contributed by atoms with E-state index in [1.807, 2.05) is 32.0 Å². The maximum atomic E-state index is 12.6. The van der Waals surface area contributed by atoms with E-state index in [0.29, 0.717) is 11.1 Å². The highest BCUT2D eigenvalue weighted by atomic mass is 35.5. The molecule has 28 heavy (non-hydrogen) atoms. The fourth-order valence-corrected chi connectivity index (χ4v) is 3.88. The third-order valence-electron chi connectivity index (χ3n) is 4.17. The van der Waals surface area contributed by atoms with E-state index in [1.165, 1.54) is 23.0 Å². The van der Waals surface area contributed by atoms with Gasteiger partial charge in [0.1, 0.15) is 10.0 Å². The first kappa shape index (κ1) is 20.0. The minimum atomic E-state index is -1.19. The minimum Gasteiger partial charge on any atom is -0.477 e. The zero-order valence-corrected chi connectivity index (χ0v) is 17.0. The van der Waals surface area contributed by atoms with Crippen molar-refractivity contribution < 1.29 is 14.7 Å². The Labute approximate surface area is 172 Å². The third kappa shape index (κ3) is 4.74. The van der Waals surface area contributed by atoms with Gasteiger partial charge in [-0.05, 0) is 31.6 Å². The molecule has 0 aliphatic carbocycles. The SMILES string of the molecule is Cc1cccc(-c2nc(CC(=O)c3ccc(/C=C(\Cl)C(=O)O)cc3)sc2C)c1. The van der Waals surface area contributed by atoms with Crippen molar-refractivity contribution in [3.05, 3.63) is 80.1 Å². The molecule has 1 N–H and O–H groups in total. The van der Waals surface area contributed by atoms with Crippen LogP contribution in [0.1, 0.15) is 31.4 Å². The molecule has 4 nitrogen and oxygen atoms in total. The van der Waals surface area contributed by atoms with Crippen LogP contribution in [0.5, 0.6) is 0 Å². The number of benzene rings is 2. The number of carbonyl (C=O) groups excluding carboxylic acids is 1. The Balaban J connectivity index is 1.76. The van der Waals surface area contributed by atoms with Crippen molar-refractivity contribution in [3.63, 3.8) is 0 Å². The molecule has 1 aromatic heterocycles. The first-order valence-electron chi connectivity index (χ1n) is 8.60. The molecule has 142 valence electrons. The zero-order valence-electron chi connectivity index (χ0n) is 15.4. The van der Waals surface area contributed by atoms with Crippen LogP contribution in [0.3, 0.4) is 0 Å². The monoisotopic (exact) mass is 411 g/mol. The van der Waals surface area contributed by atoms with E-state index >= 15 is 0 Å². The number of nitrogens with zero attached hydrogens (tertiary/aromatic N) is 1. The molecule has 0 saturated heterocycles. The molecule has 0 atom stereocenters. The fraction of sp³-hybridized carbons (Fsp3) is 0.136. The zero-order chi connectivity index (χ0) is 20.3. The lowest BCUT2D eigenvalue weighted by atomic mass is 10.1. The number of aliphatic carboxylic acids is 1. The Hall–Kier alpha value is -2.76. The number of carboxylic acid groups (broad SMARTS) is 1. The number of hydrogen-bond acceptors (Lipinski definition) is 4. The summed E-state index contributed by atoms with van der Waals surface area (Å²) in [7, 11) is 0. The molecular weight excluding hydrogens is 394 g/mol. The van der Waals surface area contributed by atoms with Gasteiger partial charge in [0.05, 0.1) is 12.1 Å². The summed E-state index contributed by atoms with van der Waals surface area (Å²) >= 11 is 7.15. The molecule has 0 spiro atoms. The number of carbonyl (C=O) groups is 2. The van der Waals surface area contributed by atoms with Crippen molar-refractivity contribution in [2.24, 2.45) is 0 Å². The number of thiazole rings is 1. The second-order valence-electron chi connectivity index (χ2n) is 6.40. The van der Waals surface area contributed by atoms with Crippen LogP contribution in [0.2, 0.25) is 0 Å². The minimum absolute atomic E-state index is 0.0376. The lowest BCUT2D eigenvalue weighted by molar-refractivity contribution is -0.131. The van der Waals surface area contributed by atoms with Gasteiger partial charge in [0.25, 0.3) is 0 Å². The summed E-state index contributed by atoms with van der Waals surface area (Å²) in [6.07, 6.45) is 1.57. The van der Waals surface area contributed by atoms with Gasteiger partial charge in [-0.1, -0.05) is 59.6 Å². The van der Waals surface area contributed by atoms with Crippen LogP contribution in [-0.2, 0) is 11.2 Å². The second kappa shape index (κ2) is 8.50. The standard InChI is InChI=1S/C22H18ClNO3S/c1-13-4-3-5-17(10-13)21-14(2)28-20(24-21)12-19(25)16-8-6-15(7-9-16)11-18(23)22(26)27/h3-11H,12H2,1-2H3,(H,26,27)/b18-11-. The molecule has 0 aliphatic rings. The smallest absolute Gasteiger partial charge is 0.347 e. The van der Waals surface area contributed by atoms with E-state index in [9.17, 15) is 9.59 Å². The van der Waals surface area contributed by atoms with Gasteiger partial charge >= 0.3 is 5.97 Å². The van der Waals surface area contributed by atoms with Crippen molar-refractivity contribution in [2.45, 2.75) is 20.3 Å². The van der Waals surface area contributed by atoms with Gasteiger partial charge in [-0.3, -0.25) is 4.79 Å². The van der Waals surface area contributed by atoms with E-state index in [0.717, 1.165) is 21.1 Å². The lowest BCUT2D eigenvalue weighted by Gasteiger charge is -2.01. The molecule has 0 amide bonds. The van der Waals surface area contributed by atoms with Gasteiger partial charge in [0, 0.05) is 16.0 Å². The first-order chi connectivity index (χ1) is 13.3. The predicted octanol–water partition coefficient (Wildman–Crippen LogP) is 5.52. The van der Waals surface area contributed by atoms with Crippen molar-refractivity contribution in [1.29, 1.82) is 0 Å². The van der Waals surface area contributed by atoms with E-state index in [1.54, 1.807) is 24.3 Å². The number of carboxylic acids is 1. The number of aryl methyl sites for hydroxylation is 2. The topological polar surface area (TPSA) is 67.3 Å². The molecule has 1 heterocycles. The Morgan fingerprint density at radius 2 is 1.86 bits per heavy atom. The van der Waals surface area contributed by atoms with Crippen LogP contribution in [0, 0.1) is 13.8 Å². The molecule has 0 aliphatic heterocycles. The molecule has 3 rings (SSSR count). The fourth-order valence-electron chi connectivity index (χ4n) is 2.80. The summed E-state index contributed by atoms with van der Waals surface area (Å²) in [5.41, 5.74) is 4.31. The van der Waals surface area contributed by atoms with E-state index < -0.39 is 5.97 Å². The number of hydrogen-bond donors (Lipinski definition) is 1. The van der Waals surface area contributed by atoms with Crippen LogP contribution in [0.15, 0.2) is 53.6 Å². The maximum absolute atomic E-state index is 12.6. The highest BCUT2D eigenvalue weighted by molar-refractivity contribution is 7.12. The summed E-state index contributed by atoms with van der Waals surface area (Å²) in [6.45, 7) is 4.05. The van der Waals surface area contributed by atoms with Gasteiger partial charge in [-0.2, -0.15) is 0 Å². The van der Waals surface area contributed by atoms with E-state index in [2.05, 4.69) is 11.1 Å². The third-order valence-corrected chi connectivity index (χ3v) is 5.42. The van der Waals surface area contributed by atoms with Gasteiger partial charge in [0.2, 0.25) is 0 Å². The molecule has 0 radical (unpaired) electrons. The lowest BCUT2D eigenvalue weighted by Crippen LogP contribution is -2.03. The normalized spacial score (nSPS) is 11.5. The Morgan fingerprint density at radius 3 is 2.50 bits per heavy atom. The molecule has 3 aromatic rings. The van der Waals surface area contributed by atoms with Gasteiger partial charge in [-0.25, -0.2) is 9.78 Å². The summed E-state index contributed by atoms with van der Waals surface area (Å²) in [5.74, 6) is -1.23. The molecule has 0 fully saturated rings. The van der Waals surface area contributed by atoms with Crippen molar-refractivity contribution in [1.82, 2.24) is 4.98 Å². The number of halogens is 1. The average molecular weight is 412 g/mol. The molecule has 6 heteroatoms. The molecule has 0 unspecified atom stereocenters. The van der Waals surface area contributed by atoms with Crippen LogP contribution >= 0.6 is 22.9 Å². The number of Topliss-reactive ketones (excluding diaryl/α,β-unsaturated/α-hetero) is 1. The molecule has 2 aromatic carbocycles. The first-order valence-corrected chi connectivity index (χ1v) is 9.80. The summed E-state index contributed by atoms with van der Waals surface area (Å²) in [6, 6.07) is 14.8. The highest BCUT2D eigenvalue weighted by Gasteiger charge is 2.14. The Bertz CT molecular complexity index is 1070. The number of rotatable bonds is 6. The van der Waals surface area contributed by atoms with Gasteiger partial charge in [0.15, 0.2) is 5.78 Å². The summed E-state index contributed by atoms with van der Waals surface area (Å²) < 4.78 is 0. The van der Waals surface area contributed by atoms with Crippen molar-refractivity contribution in [2.75, 3.05) is 0 Å². The summed E-state index contributed by atoms with van der Waals surface area (Å²) in [5, 5.41) is 9.31. The van der Waals surface area contributed by atoms with Crippen molar-refractivity contribution in [3.8, 4) is 11.3 Å². The average Bonchev–Trinajstić information content (AvgIpc) is 3.02. The highest BCUT2D eigenvalue weighted by Crippen LogP contribution is 2.28. The van der Waals surface area contributed by atoms with E-state index in [-0.39, 0.29) is 17.2 Å². The maximum Gasteiger partial charge on any atom is 0.347 e. The molecule has 0 bridgehead atoms. The van der Waals surface area contributed by atoms with Crippen molar-refractivity contribution >= 4 is 40.8 Å². The summed E-state index contributed by atoms with van der Waals surface area (Å²) in [4.78, 5) is 29.1. The Kier molecular flexibility index (Phi) is 6.07. The predicted molar refractivity (Wildman–Crippen MR) is 113 cm³/mol. The number of ketones is 1. The second-order valence-corrected chi connectivity index (χ2v) is 8.10. The van der Waals surface area contributed by atoms with Gasteiger partial charge in [-0.15, -0.1) is 11.3 Å². The van der Waals surface area contributed by atoms with Crippen LogP contribution < -0.4 is 0 Å². The largest absolute Gasteiger partial charge is 0.477 e. The Morgan fingerprint density at radius 1 is 1.14 bits per heavy atom.